The molecule has 1 amide bonds. The number of hydrogen-bond donors (Lipinski definition) is 3. The third-order valence-electron chi connectivity index (χ3n) is 7.00. The molecule has 9 nitrogen and oxygen atoms in total. The zero-order valence-corrected chi connectivity index (χ0v) is 24.5. The first-order valence-corrected chi connectivity index (χ1v) is 14.8. The van der Waals surface area contributed by atoms with Gasteiger partial charge in [0, 0.05) is 35.1 Å². The number of carbonyl (C=O) groups excluding carboxylic acids is 1. The van der Waals surface area contributed by atoms with Crippen LogP contribution in [0.15, 0.2) is 95.9 Å². The first-order valence-electron chi connectivity index (χ1n) is 13.3. The van der Waals surface area contributed by atoms with Gasteiger partial charge in [0.15, 0.2) is 5.82 Å². The van der Waals surface area contributed by atoms with Crippen molar-refractivity contribution in [3.05, 3.63) is 108 Å². The largest absolute Gasteiger partial charge is 0.496 e. The summed E-state index contributed by atoms with van der Waals surface area (Å²) in [6, 6.07) is 27.1. The van der Waals surface area contributed by atoms with Crippen molar-refractivity contribution in [3.63, 3.8) is 0 Å². The zero-order valence-electron chi connectivity index (χ0n) is 23.7. The first-order chi connectivity index (χ1) is 20.2. The van der Waals surface area contributed by atoms with Crippen LogP contribution in [0.2, 0.25) is 0 Å². The van der Waals surface area contributed by atoms with Gasteiger partial charge in [0.05, 0.1) is 17.6 Å². The maximum atomic E-state index is 13.5. The van der Waals surface area contributed by atoms with Gasteiger partial charge in [-0.25, -0.2) is 13.1 Å². The fraction of sp³-hybridized carbons (Fsp3) is 0.156. The van der Waals surface area contributed by atoms with Gasteiger partial charge < -0.3 is 15.4 Å². The van der Waals surface area contributed by atoms with E-state index in [0.717, 1.165) is 16.3 Å². The lowest BCUT2D eigenvalue weighted by molar-refractivity contribution is 0.0960. The molecule has 1 heterocycles. The Bertz CT molecular complexity index is 1880. The monoisotopic (exact) mass is 581 g/mol. The topological polar surface area (TPSA) is 122 Å². The lowest BCUT2D eigenvalue weighted by atomic mass is 10.0. The number of carbonyl (C=O) groups is 1. The summed E-state index contributed by atoms with van der Waals surface area (Å²) in [7, 11) is -0.779. The zero-order chi connectivity index (χ0) is 29.9. The average molecular weight is 582 g/mol. The van der Waals surface area contributed by atoms with Crippen molar-refractivity contribution < 1.29 is 17.9 Å². The van der Waals surface area contributed by atoms with Gasteiger partial charge in [0.2, 0.25) is 10.0 Å². The first kappa shape index (κ1) is 28.7. The van der Waals surface area contributed by atoms with Crippen molar-refractivity contribution in [3.8, 4) is 17.0 Å². The number of nitrogens with one attached hydrogen (secondary N) is 3. The van der Waals surface area contributed by atoms with Crippen LogP contribution in [0.1, 0.15) is 34.5 Å². The van der Waals surface area contributed by atoms with E-state index in [0.29, 0.717) is 39.6 Å². The molecule has 0 radical (unpaired) electrons. The van der Waals surface area contributed by atoms with Crippen LogP contribution in [0, 0.1) is 6.92 Å². The van der Waals surface area contributed by atoms with Crippen LogP contribution in [0.3, 0.4) is 0 Å². The molecule has 1 aromatic heterocycles. The van der Waals surface area contributed by atoms with Crippen molar-refractivity contribution in [1.82, 2.24) is 20.2 Å². The molecule has 0 spiro atoms. The minimum absolute atomic E-state index is 0.177. The number of ether oxygens (including phenoxy) is 1. The highest BCUT2D eigenvalue weighted by Gasteiger charge is 2.22. The summed E-state index contributed by atoms with van der Waals surface area (Å²) in [5.41, 5.74) is 3.66. The molecule has 0 fully saturated rings. The second kappa shape index (κ2) is 12.0. The van der Waals surface area contributed by atoms with Crippen LogP contribution in [0.4, 0.5) is 11.5 Å². The van der Waals surface area contributed by atoms with Gasteiger partial charge in [0.25, 0.3) is 5.91 Å². The highest BCUT2D eigenvalue weighted by molar-refractivity contribution is 7.89. The van der Waals surface area contributed by atoms with Crippen LogP contribution in [-0.2, 0) is 10.0 Å². The van der Waals surface area contributed by atoms with Gasteiger partial charge in [0.1, 0.15) is 11.4 Å². The molecule has 0 bridgehead atoms. The lowest BCUT2D eigenvalue weighted by Gasteiger charge is -2.17. The van der Waals surface area contributed by atoms with Gasteiger partial charge in [-0.3, -0.25) is 4.79 Å². The van der Waals surface area contributed by atoms with E-state index in [1.807, 2.05) is 67.6 Å². The fourth-order valence-corrected chi connectivity index (χ4v) is 6.29. The predicted octanol–water partition coefficient (Wildman–Crippen LogP) is 5.76. The Kier molecular flexibility index (Phi) is 8.19. The number of fused-ring (bicyclic) bond motifs is 1. The van der Waals surface area contributed by atoms with Crippen LogP contribution in [0.25, 0.3) is 22.0 Å². The van der Waals surface area contributed by atoms with Gasteiger partial charge in [-0.15, -0.1) is 10.2 Å². The van der Waals surface area contributed by atoms with Gasteiger partial charge >= 0.3 is 0 Å². The van der Waals surface area contributed by atoms with Gasteiger partial charge in [-0.2, -0.15) is 0 Å². The molecule has 5 rings (SSSR count). The summed E-state index contributed by atoms with van der Waals surface area (Å²) in [6.45, 7) is 3.58. The Morgan fingerprint density at radius 3 is 2.31 bits per heavy atom. The standard InChI is InChI=1S/C32H31N5O4S/c1-20-14-15-23(18-29(20)42(39,40)37-21(2)22-10-6-5-7-11-22)30-25-12-8-9-13-26(25)31(36-35-30)34-24-16-17-28(41-4)27(19-24)32(38)33-3/h5-19,21,37H,1-4H3,(H,33,38)(H,34,36)/t21-/m0/s1. The Labute approximate surface area is 245 Å². The Morgan fingerprint density at radius 2 is 1.60 bits per heavy atom. The molecule has 0 aliphatic rings. The summed E-state index contributed by atoms with van der Waals surface area (Å²) in [4.78, 5) is 12.5. The quantitative estimate of drug-likeness (QED) is 0.202. The number of rotatable bonds is 9. The van der Waals surface area contributed by atoms with Crippen LogP contribution < -0.4 is 20.1 Å². The van der Waals surface area contributed by atoms with Gasteiger partial charge in [-0.05, 0) is 49.2 Å². The van der Waals surface area contributed by atoms with Gasteiger partial charge in [-0.1, -0.05) is 66.7 Å². The number of aromatic nitrogens is 2. The van der Waals surface area contributed by atoms with Crippen LogP contribution in [0.5, 0.6) is 5.75 Å². The molecule has 4 aromatic carbocycles. The number of methoxy groups -OCH3 is 1. The highest BCUT2D eigenvalue weighted by Crippen LogP contribution is 2.34. The smallest absolute Gasteiger partial charge is 0.254 e. The van der Waals surface area contributed by atoms with E-state index in [1.165, 1.54) is 7.11 Å². The molecule has 0 aliphatic heterocycles. The molecule has 0 unspecified atom stereocenters. The fourth-order valence-electron chi connectivity index (χ4n) is 4.79. The van der Waals surface area contributed by atoms with E-state index in [9.17, 15) is 13.2 Å². The second-order valence-corrected chi connectivity index (χ2v) is 11.5. The third-order valence-corrected chi connectivity index (χ3v) is 8.69. The Hall–Kier alpha value is -4.80. The van der Waals surface area contributed by atoms with E-state index < -0.39 is 16.1 Å². The second-order valence-electron chi connectivity index (χ2n) is 9.80. The van der Waals surface area contributed by atoms with Crippen molar-refractivity contribution >= 4 is 38.2 Å². The molecule has 5 aromatic rings. The molecule has 3 N–H and O–H groups in total. The van der Waals surface area contributed by atoms with Crippen molar-refractivity contribution in [2.45, 2.75) is 24.8 Å². The number of benzene rings is 4. The number of sulfonamides is 1. The number of amides is 1. The Balaban J connectivity index is 1.51. The van der Waals surface area contributed by atoms with E-state index >= 15 is 0 Å². The SMILES string of the molecule is CNC(=O)c1cc(Nc2nnc(-c3ccc(C)c(S(=O)(=O)N[C@@H](C)c4ccccc4)c3)c3ccccc23)ccc1OC. The van der Waals surface area contributed by atoms with E-state index in [4.69, 9.17) is 4.74 Å². The summed E-state index contributed by atoms with van der Waals surface area (Å²) in [5, 5.41) is 16.4. The number of anilines is 2. The van der Waals surface area contributed by atoms with Crippen molar-refractivity contribution in [2.24, 2.45) is 0 Å². The minimum atomic E-state index is -3.84. The minimum Gasteiger partial charge on any atom is -0.496 e. The lowest BCUT2D eigenvalue weighted by Crippen LogP contribution is -2.27. The summed E-state index contributed by atoms with van der Waals surface area (Å²) < 4.78 is 35.1. The van der Waals surface area contributed by atoms with Crippen LogP contribution in [-0.4, -0.2) is 38.7 Å². The summed E-state index contributed by atoms with van der Waals surface area (Å²) >= 11 is 0. The van der Waals surface area contributed by atoms with E-state index in [-0.39, 0.29) is 10.8 Å². The van der Waals surface area contributed by atoms with Crippen molar-refractivity contribution in [1.29, 1.82) is 0 Å². The number of aryl methyl sites for hydroxylation is 1. The predicted molar refractivity (Wildman–Crippen MR) is 165 cm³/mol. The normalized spacial score (nSPS) is 12.1. The molecule has 0 aliphatic carbocycles. The van der Waals surface area contributed by atoms with E-state index in [1.54, 1.807) is 44.3 Å². The number of hydrogen-bond acceptors (Lipinski definition) is 7. The molecule has 0 saturated heterocycles. The van der Waals surface area contributed by atoms with Crippen molar-refractivity contribution in [2.75, 3.05) is 19.5 Å². The molecule has 1 atom stereocenters. The maximum Gasteiger partial charge on any atom is 0.254 e. The molecule has 42 heavy (non-hydrogen) atoms. The average Bonchev–Trinajstić information content (AvgIpc) is 3.01. The molecule has 214 valence electrons. The van der Waals surface area contributed by atoms with E-state index in [2.05, 4.69) is 25.6 Å². The molecular weight excluding hydrogens is 550 g/mol. The molecule has 0 saturated carbocycles. The highest BCUT2D eigenvalue weighted by atomic mass is 32.2. The Morgan fingerprint density at radius 1 is 0.881 bits per heavy atom. The van der Waals surface area contributed by atoms with Crippen LogP contribution >= 0.6 is 0 Å². The molecule has 10 heteroatoms. The summed E-state index contributed by atoms with van der Waals surface area (Å²) in [5.74, 6) is 0.657. The molecular formula is C32H31N5O4S. The summed E-state index contributed by atoms with van der Waals surface area (Å²) in [6.07, 6.45) is 0. The number of nitrogens with zero attached hydrogens (tertiary/aromatic N) is 2. The third kappa shape index (κ3) is 5.81. The maximum absolute atomic E-state index is 13.5.